The SMILES string of the molecule is CCOc1ccc(C(=O)N2CCC(NC(=O)c3cnn(-c4ccccc4)c3CC)CC2)cc1. The zero-order valence-corrected chi connectivity index (χ0v) is 19.2. The Morgan fingerprint density at radius 3 is 2.36 bits per heavy atom. The maximum atomic E-state index is 13.0. The number of nitrogens with zero attached hydrogens (tertiary/aromatic N) is 3. The topological polar surface area (TPSA) is 76.5 Å². The summed E-state index contributed by atoms with van der Waals surface area (Å²) in [5.41, 5.74) is 3.09. The number of rotatable bonds is 7. The van der Waals surface area contributed by atoms with E-state index in [-0.39, 0.29) is 17.9 Å². The molecule has 0 aliphatic carbocycles. The van der Waals surface area contributed by atoms with Crippen molar-refractivity contribution in [1.29, 1.82) is 0 Å². The molecule has 0 bridgehead atoms. The smallest absolute Gasteiger partial charge is 0.254 e. The lowest BCUT2D eigenvalue weighted by atomic mass is 10.0. The minimum absolute atomic E-state index is 0.0141. The Bertz CT molecular complexity index is 1080. The van der Waals surface area contributed by atoms with Gasteiger partial charge in [0.15, 0.2) is 0 Å². The summed E-state index contributed by atoms with van der Waals surface area (Å²) in [6, 6.07) is 17.1. The van der Waals surface area contributed by atoms with E-state index in [1.807, 2.05) is 65.9 Å². The van der Waals surface area contributed by atoms with Crippen LogP contribution < -0.4 is 10.1 Å². The Kier molecular flexibility index (Phi) is 7.07. The summed E-state index contributed by atoms with van der Waals surface area (Å²) >= 11 is 0. The van der Waals surface area contributed by atoms with Gasteiger partial charge in [0, 0.05) is 24.7 Å². The lowest BCUT2D eigenvalue weighted by molar-refractivity contribution is 0.0698. The molecule has 172 valence electrons. The van der Waals surface area contributed by atoms with Gasteiger partial charge in [0.05, 0.1) is 29.7 Å². The molecule has 1 N–H and O–H groups in total. The van der Waals surface area contributed by atoms with Crippen molar-refractivity contribution in [2.75, 3.05) is 19.7 Å². The first-order valence-electron chi connectivity index (χ1n) is 11.6. The molecule has 2 amide bonds. The maximum Gasteiger partial charge on any atom is 0.254 e. The van der Waals surface area contributed by atoms with E-state index < -0.39 is 0 Å². The average molecular weight is 447 g/mol. The van der Waals surface area contributed by atoms with Crippen LogP contribution in [0.25, 0.3) is 5.69 Å². The summed E-state index contributed by atoms with van der Waals surface area (Å²) in [6.07, 6.45) is 3.80. The van der Waals surface area contributed by atoms with Crippen LogP contribution in [0.5, 0.6) is 5.75 Å². The van der Waals surface area contributed by atoms with Crippen LogP contribution in [0.2, 0.25) is 0 Å². The first kappa shape index (κ1) is 22.6. The quantitative estimate of drug-likeness (QED) is 0.598. The molecule has 2 heterocycles. The fourth-order valence-electron chi connectivity index (χ4n) is 4.23. The van der Waals surface area contributed by atoms with Crippen LogP contribution in [0.4, 0.5) is 0 Å². The van der Waals surface area contributed by atoms with Gasteiger partial charge < -0.3 is 15.0 Å². The molecular weight excluding hydrogens is 416 g/mol. The summed E-state index contributed by atoms with van der Waals surface area (Å²) in [7, 11) is 0. The molecule has 4 rings (SSSR count). The summed E-state index contributed by atoms with van der Waals surface area (Å²) in [6.45, 7) is 5.78. The molecule has 0 atom stereocenters. The van der Waals surface area contributed by atoms with E-state index in [0.717, 1.165) is 30.0 Å². The maximum absolute atomic E-state index is 13.0. The molecule has 1 aliphatic heterocycles. The highest BCUT2D eigenvalue weighted by Gasteiger charge is 2.26. The first-order chi connectivity index (χ1) is 16.1. The fourth-order valence-corrected chi connectivity index (χ4v) is 4.23. The molecule has 7 heteroatoms. The van der Waals surface area contributed by atoms with Crippen LogP contribution in [-0.2, 0) is 6.42 Å². The molecule has 1 saturated heterocycles. The minimum Gasteiger partial charge on any atom is -0.494 e. The van der Waals surface area contributed by atoms with Crippen molar-refractivity contribution in [1.82, 2.24) is 20.0 Å². The molecule has 0 saturated carbocycles. The van der Waals surface area contributed by atoms with Crippen LogP contribution >= 0.6 is 0 Å². The number of amides is 2. The molecule has 0 radical (unpaired) electrons. The number of piperidine rings is 1. The first-order valence-corrected chi connectivity index (χ1v) is 11.6. The Morgan fingerprint density at radius 2 is 1.73 bits per heavy atom. The predicted octanol–water partition coefficient (Wildman–Crippen LogP) is 3.87. The van der Waals surface area contributed by atoms with Gasteiger partial charge in [-0.1, -0.05) is 25.1 Å². The Balaban J connectivity index is 1.35. The molecular formula is C26H30N4O3. The fraction of sp³-hybridized carbons (Fsp3) is 0.346. The predicted molar refractivity (Wildman–Crippen MR) is 127 cm³/mol. The lowest BCUT2D eigenvalue weighted by Gasteiger charge is -2.32. The third kappa shape index (κ3) is 5.08. The molecule has 1 aliphatic rings. The van der Waals surface area contributed by atoms with Gasteiger partial charge in [-0.25, -0.2) is 4.68 Å². The van der Waals surface area contributed by atoms with Crippen molar-refractivity contribution in [3.05, 3.63) is 77.6 Å². The number of para-hydroxylation sites is 1. The van der Waals surface area contributed by atoms with Crippen molar-refractivity contribution < 1.29 is 14.3 Å². The number of carbonyl (C=O) groups excluding carboxylic acids is 2. The van der Waals surface area contributed by atoms with Gasteiger partial charge in [0.25, 0.3) is 11.8 Å². The van der Waals surface area contributed by atoms with Gasteiger partial charge >= 0.3 is 0 Å². The van der Waals surface area contributed by atoms with Crippen molar-refractivity contribution in [3.63, 3.8) is 0 Å². The molecule has 33 heavy (non-hydrogen) atoms. The summed E-state index contributed by atoms with van der Waals surface area (Å²) in [5, 5.41) is 7.60. The van der Waals surface area contributed by atoms with Crippen LogP contribution in [-0.4, -0.2) is 52.2 Å². The number of hydrogen-bond donors (Lipinski definition) is 1. The second kappa shape index (κ2) is 10.3. The van der Waals surface area contributed by atoms with E-state index in [9.17, 15) is 9.59 Å². The van der Waals surface area contributed by atoms with E-state index >= 15 is 0 Å². The van der Waals surface area contributed by atoms with E-state index in [1.54, 1.807) is 18.3 Å². The number of hydrogen-bond acceptors (Lipinski definition) is 4. The van der Waals surface area contributed by atoms with Crippen molar-refractivity contribution in [3.8, 4) is 11.4 Å². The number of ether oxygens (including phenoxy) is 1. The van der Waals surface area contributed by atoms with Gasteiger partial charge in [0.1, 0.15) is 5.75 Å². The number of nitrogens with one attached hydrogen (secondary N) is 1. The number of aromatic nitrogens is 2. The van der Waals surface area contributed by atoms with E-state index in [4.69, 9.17) is 4.74 Å². The second-order valence-corrected chi connectivity index (χ2v) is 8.10. The molecule has 0 unspecified atom stereocenters. The standard InChI is InChI=1S/C26H30N4O3/c1-3-24-23(18-27-30(24)21-8-6-5-7-9-21)25(31)28-20-14-16-29(17-15-20)26(32)19-10-12-22(13-11-19)33-4-2/h5-13,18,20H,3-4,14-17H2,1-2H3,(H,28,31). The van der Waals surface area contributed by atoms with Gasteiger partial charge in [-0.05, 0) is 62.6 Å². The Hall–Kier alpha value is -3.61. The molecule has 0 spiro atoms. The van der Waals surface area contributed by atoms with Gasteiger partial charge in [-0.15, -0.1) is 0 Å². The normalized spacial score (nSPS) is 14.2. The van der Waals surface area contributed by atoms with E-state index in [2.05, 4.69) is 10.4 Å². The zero-order valence-electron chi connectivity index (χ0n) is 19.2. The number of likely N-dealkylation sites (tertiary alicyclic amines) is 1. The minimum atomic E-state index is -0.106. The van der Waals surface area contributed by atoms with Crippen molar-refractivity contribution in [2.24, 2.45) is 0 Å². The highest BCUT2D eigenvalue weighted by Crippen LogP contribution is 2.19. The third-order valence-corrected chi connectivity index (χ3v) is 5.98. The van der Waals surface area contributed by atoms with E-state index in [1.165, 1.54) is 0 Å². The summed E-state index contributed by atoms with van der Waals surface area (Å²) in [5.74, 6) is 0.669. The lowest BCUT2D eigenvalue weighted by Crippen LogP contribution is -2.46. The summed E-state index contributed by atoms with van der Waals surface area (Å²) in [4.78, 5) is 27.7. The monoisotopic (exact) mass is 446 g/mol. The number of benzene rings is 2. The van der Waals surface area contributed by atoms with Crippen molar-refractivity contribution >= 4 is 11.8 Å². The Labute approximate surface area is 194 Å². The highest BCUT2D eigenvalue weighted by atomic mass is 16.5. The third-order valence-electron chi connectivity index (χ3n) is 5.98. The number of carbonyl (C=O) groups is 2. The van der Waals surface area contributed by atoms with Crippen LogP contribution in [0.1, 0.15) is 53.1 Å². The van der Waals surface area contributed by atoms with Crippen LogP contribution in [0, 0.1) is 0 Å². The second-order valence-electron chi connectivity index (χ2n) is 8.10. The zero-order chi connectivity index (χ0) is 23.2. The largest absolute Gasteiger partial charge is 0.494 e. The van der Waals surface area contributed by atoms with Gasteiger partial charge in [-0.3, -0.25) is 9.59 Å². The molecule has 2 aromatic carbocycles. The highest BCUT2D eigenvalue weighted by molar-refractivity contribution is 5.96. The molecule has 3 aromatic rings. The molecule has 7 nitrogen and oxygen atoms in total. The average Bonchev–Trinajstić information content (AvgIpc) is 3.30. The van der Waals surface area contributed by atoms with E-state index in [0.29, 0.717) is 37.2 Å². The van der Waals surface area contributed by atoms with Gasteiger partial charge in [0.2, 0.25) is 0 Å². The Morgan fingerprint density at radius 1 is 1.03 bits per heavy atom. The van der Waals surface area contributed by atoms with Crippen molar-refractivity contribution in [2.45, 2.75) is 39.2 Å². The molecule has 1 fully saturated rings. The van der Waals surface area contributed by atoms with Crippen LogP contribution in [0.3, 0.4) is 0 Å². The van der Waals surface area contributed by atoms with Crippen LogP contribution in [0.15, 0.2) is 60.8 Å². The van der Waals surface area contributed by atoms with Gasteiger partial charge in [-0.2, -0.15) is 5.10 Å². The molecule has 1 aromatic heterocycles. The summed E-state index contributed by atoms with van der Waals surface area (Å²) < 4.78 is 7.27.